The largest absolute Gasteiger partial charge is 0.479 e. The molecule has 3 rings (SSSR count). The van der Waals surface area contributed by atoms with Crippen LogP contribution in [-0.2, 0) is 27.4 Å². The molecule has 5 N–H and O–H groups in total. The van der Waals surface area contributed by atoms with Crippen LogP contribution < -0.4 is 16.6 Å². The first kappa shape index (κ1) is 29.9. The van der Waals surface area contributed by atoms with Crippen LogP contribution in [0.2, 0.25) is 0 Å². The predicted octanol–water partition coefficient (Wildman–Crippen LogP) is 1.92. The molecule has 15 nitrogen and oxygen atoms in total. The van der Waals surface area contributed by atoms with Crippen LogP contribution in [0.25, 0.3) is 0 Å². The second kappa shape index (κ2) is 13.0. The van der Waals surface area contributed by atoms with E-state index in [1.807, 2.05) is 11.9 Å². The molecule has 0 spiro atoms. The number of nitrogens with one attached hydrogen (secondary N) is 2. The maximum Gasteiger partial charge on any atom is 0.479 e. The van der Waals surface area contributed by atoms with Crippen LogP contribution in [0.5, 0.6) is 0 Å². The number of hydrogen-bond acceptors (Lipinski definition) is 10. The highest BCUT2D eigenvalue weighted by atomic mass is 31.3. The van der Waals surface area contributed by atoms with Crippen LogP contribution in [0.3, 0.4) is 0 Å². The summed E-state index contributed by atoms with van der Waals surface area (Å²) in [5.41, 5.74) is -1.29. The Morgan fingerprint density at radius 1 is 1.16 bits per heavy atom. The van der Waals surface area contributed by atoms with Gasteiger partial charge in [0.15, 0.2) is 12.3 Å². The predicted molar refractivity (Wildman–Crippen MR) is 133 cm³/mol. The molecule has 1 aliphatic rings. The number of ether oxygens (including phenoxy) is 2. The lowest BCUT2D eigenvalue weighted by Gasteiger charge is -2.22. The number of aliphatic hydroxyl groups excluding tert-OH is 1. The zero-order chi connectivity index (χ0) is 27.9. The van der Waals surface area contributed by atoms with Gasteiger partial charge in [-0.25, -0.2) is 18.5 Å². The molecule has 210 valence electrons. The fourth-order valence-electron chi connectivity index (χ4n) is 3.58. The van der Waals surface area contributed by atoms with Crippen LogP contribution in [0.15, 0.2) is 52.2 Å². The number of aromatic nitrogens is 2. The third kappa shape index (κ3) is 8.45. The summed E-state index contributed by atoms with van der Waals surface area (Å²) in [5.74, 6) is 0. The lowest BCUT2D eigenvalue weighted by Crippen LogP contribution is -2.41. The molecule has 2 aromatic rings. The number of unbranched alkanes of at least 4 members (excludes halogenated alkanes) is 2. The van der Waals surface area contributed by atoms with Crippen molar-refractivity contribution in [3.8, 4) is 0 Å². The maximum atomic E-state index is 12.5. The summed E-state index contributed by atoms with van der Waals surface area (Å²) in [6, 6.07) is 9.18. The zero-order valence-electron chi connectivity index (χ0n) is 20.2. The van der Waals surface area contributed by atoms with Gasteiger partial charge in [-0.15, -0.1) is 0 Å². The molecule has 17 heteroatoms. The number of carbonyl (C=O) groups is 1. The summed E-state index contributed by atoms with van der Waals surface area (Å²) in [7, 11) is -9.54. The van der Waals surface area contributed by atoms with E-state index in [9.17, 15) is 38.4 Å². The van der Waals surface area contributed by atoms with Crippen molar-refractivity contribution < 1.29 is 47.1 Å². The van der Waals surface area contributed by atoms with Crippen LogP contribution in [-0.4, -0.2) is 61.6 Å². The minimum absolute atomic E-state index is 0.286. The first-order chi connectivity index (χ1) is 17.9. The molecular formula is C21H29N3O12P2. The molecule has 2 heterocycles. The fraction of sp³-hybridized carbons (Fsp3) is 0.476. The summed E-state index contributed by atoms with van der Waals surface area (Å²) in [6.45, 7) is 1.02. The topological polar surface area (TPSA) is 216 Å². The van der Waals surface area contributed by atoms with Gasteiger partial charge >= 0.3 is 27.2 Å². The molecule has 0 bridgehead atoms. The number of aliphatic hydroxyl groups is 1. The van der Waals surface area contributed by atoms with Crippen LogP contribution in [0, 0.1) is 0 Å². The van der Waals surface area contributed by atoms with E-state index in [4.69, 9.17) is 14.0 Å². The Morgan fingerprint density at radius 2 is 1.87 bits per heavy atom. The van der Waals surface area contributed by atoms with Crippen molar-refractivity contribution in [2.45, 2.75) is 50.7 Å². The van der Waals surface area contributed by atoms with Gasteiger partial charge in [-0.05, 0) is 18.6 Å². The standard InChI is InChI=1S/C21H29N3O12P2/c1-2-3-7-12-37(29,30)36-38(31,32)33-13-15-17(26)18(35-21(28)22-14-8-5-4-6-9-14)19(34-15)24-11-10-16(25)23-20(24)27/h4-6,8-11,15,17-19,26H,2-3,7,12-13H2,1H3,(H,22,28)(H,29,30)(H,31,32)(H,23,25,27)/t15-,17-,18-,19-/m1/s1. The molecule has 1 aromatic carbocycles. The first-order valence-electron chi connectivity index (χ1n) is 11.6. The van der Waals surface area contributed by atoms with Crippen molar-refractivity contribution in [3.63, 3.8) is 0 Å². The number of carbonyl (C=O) groups excluding carboxylic acids is 1. The Kier molecular flexibility index (Phi) is 10.2. The number of phosphoric acid groups is 1. The first-order valence-corrected chi connectivity index (χ1v) is 14.8. The second-order valence-electron chi connectivity index (χ2n) is 8.35. The number of nitrogens with zero attached hydrogens (tertiary/aromatic N) is 1. The Balaban J connectivity index is 1.74. The number of anilines is 1. The molecule has 0 aliphatic carbocycles. The van der Waals surface area contributed by atoms with E-state index in [1.54, 1.807) is 30.3 Å². The van der Waals surface area contributed by atoms with Gasteiger partial charge in [-0.3, -0.25) is 28.8 Å². The van der Waals surface area contributed by atoms with Gasteiger partial charge in [0.25, 0.3) is 5.56 Å². The van der Waals surface area contributed by atoms with E-state index in [0.717, 1.165) is 23.3 Å². The molecule has 1 saturated heterocycles. The summed E-state index contributed by atoms with van der Waals surface area (Å²) < 4.78 is 45.3. The molecule has 6 atom stereocenters. The number of benzene rings is 1. The molecule has 1 aromatic heterocycles. The minimum Gasteiger partial charge on any atom is -0.438 e. The zero-order valence-corrected chi connectivity index (χ0v) is 22.0. The molecule has 1 amide bonds. The van der Waals surface area contributed by atoms with Crippen molar-refractivity contribution >= 4 is 27.2 Å². The monoisotopic (exact) mass is 577 g/mol. The Bertz CT molecular complexity index is 1300. The lowest BCUT2D eigenvalue weighted by molar-refractivity contribution is -0.0550. The van der Waals surface area contributed by atoms with Crippen molar-refractivity contribution in [3.05, 3.63) is 63.4 Å². The highest BCUT2D eigenvalue weighted by Crippen LogP contribution is 2.60. The molecule has 38 heavy (non-hydrogen) atoms. The van der Waals surface area contributed by atoms with Crippen molar-refractivity contribution in [1.29, 1.82) is 0 Å². The van der Waals surface area contributed by atoms with Crippen LogP contribution in [0.1, 0.15) is 32.4 Å². The maximum absolute atomic E-state index is 12.5. The van der Waals surface area contributed by atoms with E-state index in [0.29, 0.717) is 12.1 Å². The molecule has 0 radical (unpaired) electrons. The summed E-state index contributed by atoms with van der Waals surface area (Å²) in [5, 5.41) is 13.2. The smallest absolute Gasteiger partial charge is 0.438 e. The highest BCUT2D eigenvalue weighted by molar-refractivity contribution is 7.64. The van der Waals surface area contributed by atoms with Gasteiger partial charge in [-0.1, -0.05) is 38.0 Å². The summed E-state index contributed by atoms with van der Waals surface area (Å²) >= 11 is 0. The van der Waals surface area contributed by atoms with Gasteiger partial charge in [0, 0.05) is 18.0 Å². The normalized spacial score (nSPS) is 24.3. The van der Waals surface area contributed by atoms with Crippen LogP contribution >= 0.6 is 15.4 Å². The van der Waals surface area contributed by atoms with Crippen LogP contribution in [0.4, 0.5) is 10.5 Å². The lowest BCUT2D eigenvalue weighted by atomic mass is 10.1. The average molecular weight is 577 g/mol. The van der Waals surface area contributed by atoms with Gasteiger partial charge in [-0.2, -0.15) is 0 Å². The van der Waals surface area contributed by atoms with Gasteiger partial charge in [0.1, 0.15) is 12.2 Å². The molecule has 2 unspecified atom stereocenters. The Labute approximate surface area is 216 Å². The van der Waals surface area contributed by atoms with Gasteiger partial charge in [0.2, 0.25) is 0 Å². The number of aromatic amines is 1. The summed E-state index contributed by atoms with van der Waals surface area (Å²) in [6.07, 6.45) is -4.89. The van der Waals surface area contributed by atoms with Gasteiger partial charge in [0.05, 0.1) is 12.8 Å². The average Bonchev–Trinajstić information content (AvgIpc) is 3.12. The highest BCUT2D eigenvalue weighted by Gasteiger charge is 2.49. The fourth-order valence-corrected chi connectivity index (χ4v) is 6.35. The number of amides is 1. The number of H-pyrrole nitrogens is 1. The molecule has 1 fully saturated rings. The quantitative estimate of drug-likeness (QED) is 0.181. The molecule has 0 saturated carbocycles. The van der Waals surface area contributed by atoms with E-state index >= 15 is 0 Å². The third-order valence-electron chi connectivity index (χ3n) is 5.38. The van der Waals surface area contributed by atoms with E-state index < -0.39 is 63.9 Å². The number of hydrogen-bond donors (Lipinski definition) is 5. The van der Waals surface area contributed by atoms with E-state index in [2.05, 4.69) is 9.63 Å². The van der Waals surface area contributed by atoms with E-state index in [1.165, 1.54) is 0 Å². The molecule has 1 aliphatic heterocycles. The number of phosphoric ester groups is 1. The Hall–Kier alpha value is -2.61. The minimum atomic E-state index is -5.08. The van der Waals surface area contributed by atoms with Crippen molar-refractivity contribution in [2.75, 3.05) is 18.1 Å². The third-order valence-corrected chi connectivity index (χ3v) is 8.58. The van der Waals surface area contributed by atoms with E-state index in [-0.39, 0.29) is 12.6 Å². The SMILES string of the molecule is CCCCCP(=O)(O)OP(=O)(O)OC[C@H]1O[C@@H](n2ccc(=O)[nH]c2=O)[C@H](OC(=O)Nc2ccccc2)[C@@H]1O. The van der Waals surface area contributed by atoms with Gasteiger partial charge < -0.3 is 24.4 Å². The number of para-hydroxylation sites is 1. The second-order valence-corrected chi connectivity index (χ2v) is 11.9. The van der Waals surface area contributed by atoms with Crippen molar-refractivity contribution in [2.24, 2.45) is 0 Å². The van der Waals surface area contributed by atoms with Crippen molar-refractivity contribution in [1.82, 2.24) is 9.55 Å². The molecular weight excluding hydrogens is 548 g/mol. The number of rotatable bonds is 12. The Morgan fingerprint density at radius 3 is 2.53 bits per heavy atom. The summed E-state index contributed by atoms with van der Waals surface area (Å²) in [4.78, 5) is 58.1.